The quantitative estimate of drug-likeness (QED) is 0.712. The van der Waals surface area contributed by atoms with Crippen molar-refractivity contribution in [3.63, 3.8) is 0 Å². The van der Waals surface area contributed by atoms with E-state index in [0.717, 1.165) is 9.31 Å². The van der Waals surface area contributed by atoms with Crippen LogP contribution in [0.1, 0.15) is 0 Å². The third-order valence-corrected chi connectivity index (χ3v) is 2.14. The lowest BCUT2D eigenvalue weighted by Crippen LogP contribution is -2.26. The number of rotatable bonds is 2. The maximum Gasteiger partial charge on any atom is 0.444 e. The molecule has 1 aromatic carbocycles. The second-order valence-corrected chi connectivity index (χ2v) is 3.06. The van der Waals surface area contributed by atoms with E-state index in [4.69, 9.17) is 16.1 Å². The minimum absolute atomic E-state index is 0.221. The fourth-order valence-electron chi connectivity index (χ4n) is 1.18. The van der Waals surface area contributed by atoms with Crippen molar-refractivity contribution in [2.45, 2.75) is 6.00 Å². The number of para-hydroxylation sites is 1. The third kappa shape index (κ3) is 1.61. The first-order valence-electron chi connectivity index (χ1n) is 4.18. The van der Waals surface area contributed by atoms with E-state index in [1.807, 2.05) is 0 Å². The number of alkyl halides is 1. The molecule has 0 aliphatic carbocycles. The van der Waals surface area contributed by atoms with E-state index >= 15 is 0 Å². The fraction of sp³-hybridized carbons (Fsp3) is 0.111. The van der Waals surface area contributed by atoms with E-state index < -0.39 is 11.4 Å². The van der Waals surface area contributed by atoms with Crippen molar-refractivity contribution >= 4 is 11.6 Å². The van der Waals surface area contributed by atoms with Gasteiger partial charge in [-0.2, -0.15) is 0 Å². The molecule has 15 heavy (non-hydrogen) atoms. The Hall–Kier alpha value is -1.75. The van der Waals surface area contributed by atoms with Crippen molar-refractivity contribution in [1.29, 1.82) is 0 Å². The van der Waals surface area contributed by atoms with Crippen LogP contribution in [0.2, 0.25) is 0 Å². The van der Waals surface area contributed by atoms with Gasteiger partial charge >= 0.3 is 11.4 Å². The number of hydrogen-bond donors (Lipinski definition) is 0. The molecule has 2 rings (SSSR count). The van der Waals surface area contributed by atoms with Crippen LogP contribution in [0.15, 0.2) is 44.4 Å². The van der Waals surface area contributed by atoms with E-state index in [0.29, 0.717) is 5.69 Å². The molecule has 0 bridgehead atoms. The molecule has 6 heteroatoms. The SMILES string of the molecule is O=c1on(-c2ccccc2)c(=O)n1CCl. The average Bonchev–Trinajstić information content (AvgIpc) is 2.55. The number of halogens is 1. The van der Waals surface area contributed by atoms with Crippen molar-refractivity contribution in [3.05, 3.63) is 51.4 Å². The summed E-state index contributed by atoms with van der Waals surface area (Å²) in [7, 11) is 0. The van der Waals surface area contributed by atoms with Gasteiger partial charge in [0, 0.05) is 0 Å². The first kappa shape index (κ1) is 9.79. The van der Waals surface area contributed by atoms with Gasteiger partial charge in [-0.3, -0.25) is 0 Å². The number of aromatic nitrogens is 2. The number of benzene rings is 1. The highest BCUT2D eigenvalue weighted by Gasteiger charge is 2.11. The molecule has 1 aromatic heterocycles. The molecule has 78 valence electrons. The molecule has 0 fully saturated rings. The van der Waals surface area contributed by atoms with E-state index in [1.165, 1.54) is 0 Å². The molecule has 0 N–H and O–H groups in total. The maximum absolute atomic E-state index is 11.6. The van der Waals surface area contributed by atoms with Crippen LogP contribution in [0.4, 0.5) is 0 Å². The minimum atomic E-state index is -0.765. The molecule has 2 aromatic rings. The van der Waals surface area contributed by atoms with E-state index in [-0.39, 0.29) is 6.00 Å². The molecule has 0 amide bonds. The predicted octanol–water partition coefficient (Wildman–Crippen LogP) is 0.788. The fourth-order valence-corrected chi connectivity index (χ4v) is 1.38. The van der Waals surface area contributed by atoms with E-state index in [1.54, 1.807) is 30.3 Å². The van der Waals surface area contributed by atoms with Gasteiger partial charge in [0.05, 0.1) is 5.69 Å². The van der Waals surface area contributed by atoms with Crippen molar-refractivity contribution in [2.75, 3.05) is 0 Å². The smallest absolute Gasteiger partial charge is 0.312 e. The second kappa shape index (κ2) is 3.78. The molecular formula is C9H7ClN2O3. The van der Waals surface area contributed by atoms with Crippen LogP contribution < -0.4 is 11.4 Å². The van der Waals surface area contributed by atoms with Gasteiger partial charge in [-0.05, 0) is 12.1 Å². The van der Waals surface area contributed by atoms with Gasteiger partial charge in [-0.15, -0.1) is 16.3 Å². The Bertz CT molecular complexity index is 567. The average molecular weight is 227 g/mol. The molecule has 5 nitrogen and oxygen atoms in total. The van der Waals surface area contributed by atoms with Gasteiger partial charge in [0.1, 0.15) is 6.00 Å². The zero-order chi connectivity index (χ0) is 10.8. The third-order valence-electron chi connectivity index (χ3n) is 1.90. The summed E-state index contributed by atoms with van der Waals surface area (Å²) in [6.07, 6.45) is 0. The molecule has 0 saturated heterocycles. The summed E-state index contributed by atoms with van der Waals surface area (Å²) in [6, 6.07) is 8.36. The van der Waals surface area contributed by atoms with Gasteiger partial charge in [0.2, 0.25) is 0 Å². The summed E-state index contributed by atoms with van der Waals surface area (Å²) in [5.41, 5.74) is -0.0929. The van der Waals surface area contributed by atoms with Crippen LogP contribution >= 0.6 is 11.6 Å². The molecule has 0 unspecified atom stereocenters. The van der Waals surface area contributed by atoms with Crippen LogP contribution in [-0.4, -0.2) is 9.31 Å². The summed E-state index contributed by atoms with van der Waals surface area (Å²) >= 11 is 5.43. The van der Waals surface area contributed by atoms with Gasteiger partial charge in [-0.25, -0.2) is 14.2 Å². The molecular weight excluding hydrogens is 220 g/mol. The number of nitrogens with zero attached hydrogens (tertiary/aromatic N) is 2. The molecule has 0 radical (unpaired) electrons. The molecule has 0 spiro atoms. The highest BCUT2D eigenvalue weighted by Crippen LogP contribution is 2.01. The van der Waals surface area contributed by atoms with Crippen LogP contribution in [-0.2, 0) is 6.00 Å². The van der Waals surface area contributed by atoms with Gasteiger partial charge in [-0.1, -0.05) is 18.2 Å². The van der Waals surface area contributed by atoms with Crippen molar-refractivity contribution < 1.29 is 4.52 Å². The molecule has 0 aliphatic rings. The molecule has 1 heterocycles. The Morgan fingerprint density at radius 1 is 1.20 bits per heavy atom. The van der Waals surface area contributed by atoms with Gasteiger partial charge < -0.3 is 4.52 Å². The van der Waals surface area contributed by atoms with Crippen LogP contribution in [0.5, 0.6) is 0 Å². The van der Waals surface area contributed by atoms with Crippen LogP contribution in [0.25, 0.3) is 5.69 Å². The molecule has 0 aliphatic heterocycles. The van der Waals surface area contributed by atoms with Crippen molar-refractivity contribution in [2.24, 2.45) is 0 Å². The summed E-state index contributed by atoms with van der Waals surface area (Å²) in [4.78, 5) is 22.7. The summed E-state index contributed by atoms with van der Waals surface area (Å²) in [5.74, 6) is -0.765. The molecule has 0 saturated carbocycles. The zero-order valence-electron chi connectivity index (χ0n) is 7.59. The van der Waals surface area contributed by atoms with Crippen molar-refractivity contribution in [3.8, 4) is 5.69 Å². The maximum atomic E-state index is 11.6. The summed E-state index contributed by atoms with van der Waals surface area (Å²) in [6.45, 7) is 0. The lowest BCUT2D eigenvalue weighted by Gasteiger charge is -1.95. The lowest BCUT2D eigenvalue weighted by atomic mass is 10.3. The topological polar surface area (TPSA) is 57.1 Å². The largest absolute Gasteiger partial charge is 0.444 e. The Kier molecular flexibility index (Phi) is 2.47. The highest BCUT2D eigenvalue weighted by atomic mass is 35.5. The lowest BCUT2D eigenvalue weighted by molar-refractivity contribution is 0.312. The monoisotopic (exact) mass is 226 g/mol. The Morgan fingerprint density at radius 2 is 1.87 bits per heavy atom. The van der Waals surface area contributed by atoms with E-state index in [9.17, 15) is 9.59 Å². The Balaban J connectivity index is 2.66. The summed E-state index contributed by atoms with van der Waals surface area (Å²) < 4.78 is 6.46. The Morgan fingerprint density at radius 3 is 2.40 bits per heavy atom. The minimum Gasteiger partial charge on any atom is -0.312 e. The zero-order valence-corrected chi connectivity index (χ0v) is 8.35. The highest BCUT2D eigenvalue weighted by molar-refractivity contribution is 6.15. The predicted molar refractivity (Wildman–Crippen MR) is 54.4 cm³/mol. The first-order valence-corrected chi connectivity index (χ1v) is 4.72. The van der Waals surface area contributed by atoms with Gasteiger partial charge in [0.25, 0.3) is 0 Å². The standard InChI is InChI=1S/C9H7ClN2O3/c10-6-11-8(13)12(15-9(11)14)7-4-2-1-3-5-7/h1-5H,6H2. The Labute approximate surface area is 89.1 Å². The normalized spacial score (nSPS) is 10.5. The van der Waals surface area contributed by atoms with E-state index in [2.05, 4.69) is 0 Å². The molecule has 0 atom stereocenters. The van der Waals surface area contributed by atoms with Crippen LogP contribution in [0.3, 0.4) is 0 Å². The second-order valence-electron chi connectivity index (χ2n) is 2.82. The van der Waals surface area contributed by atoms with Crippen molar-refractivity contribution in [1.82, 2.24) is 9.31 Å². The van der Waals surface area contributed by atoms with Gasteiger partial charge in [0.15, 0.2) is 0 Å². The van der Waals surface area contributed by atoms with Crippen LogP contribution in [0, 0.1) is 0 Å². The first-order chi connectivity index (χ1) is 7.24. The number of hydrogen-bond acceptors (Lipinski definition) is 3. The summed E-state index contributed by atoms with van der Waals surface area (Å²) in [5, 5.41) is 0.